The van der Waals surface area contributed by atoms with Gasteiger partial charge in [0.1, 0.15) is 12.1 Å². The van der Waals surface area contributed by atoms with Crippen molar-refractivity contribution in [1.29, 1.82) is 0 Å². The van der Waals surface area contributed by atoms with Crippen LogP contribution in [0.25, 0.3) is 0 Å². The molecule has 0 aromatic heterocycles. The number of carboxylic acid groups (broad SMARTS) is 1. The Morgan fingerprint density at radius 2 is 1.42 bits per heavy atom. The lowest BCUT2D eigenvalue weighted by molar-refractivity contribution is -0.142. The van der Waals surface area contributed by atoms with E-state index < -0.39 is 41.8 Å². The molecular formula is C17H32N4O5. The average Bonchev–Trinajstić information content (AvgIpc) is 2.50. The summed E-state index contributed by atoms with van der Waals surface area (Å²) in [6, 6.07) is -2.58. The van der Waals surface area contributed by atoms with Gasteiger partial charge in [0.05, 0.1) is 12.6 Å². The van der Waals surface area contributed by atoms with Crippen LogP contribution in [-0.4, -0.2) is 53.5 Å². The van der Waals surface area contributed by atoms with Crippen LogP contribution in [0.4, 0.5) is 0 Å². The lowest BCUT2D eigenvalue weighted by Gasteiger charge is -2.19. The van der Waals surface area contributed by atoms with E-state index in [0.717, 1.165) is 0 Å². The van der Waals surface area contributed by atoms with Gasteiger partial charge in [0.15, 0.2) is 0 Å². The van der Waals surface area contributed by atoms with Crippen molar-refractivity contribution in [2.24, 2.45) is 17.6 Å². The first-order chi connectivity index (χ1) is 11.9. The predicted molar refractivity (Wildman–Crippen MR) is 97.1 cm³/mol. The lowest BCUT2D eigenvalue weighted by atomic mass is 10.0. The van der Waals surface area contributed by atoms with E-state index in [1.54, 1.807) is 0 Å². The zero-order chi connectivity index (χ0) is 20.4. The van der Waals surface area contributed by atoms with Crippen molar-refractivity contribution in [1.82, 2.24) is 16.0 Å². The Labute approximate surface area is 154 Å². The summed E-state index contributed by atoms with van der Waals surface area (Å²) < 4.78 is 0. The fourth-order valence-corrected chi connectivity index (χ4v) is 2.26. The molecule has 0 radical (unpaired) electrons. The van der Waals surface area contributed by atoms with Gasteiger partial charge in [-0.3, -0.25) is 14.4 Å². The highest BCUT2D eigenvalue weighted by Crippen LogP contribution is 2.05. The SMILES string of the molecule is CC(C)C[C@H](NC(=O)CNC(=O)[C@H](C)NC(=O)[C@@H](N)CC(C)C)C(=O)O. The summed E-state index contributed by atoms with van der Waals surface area (Å²) in [6.07, 6.45) is 0.782. The number of aliphatic carboxylic acids is 1. The smallest absolute Gasteiger partial charge is 0.326 e. The van der Waals surface area contributed by atoms with Crippen molar-refractivity contribution in [2.75, 3.05) is 6.54 Å². The molecule has 0 aromatic rings. The summed E-state index contributed by atoms with van der Waals surface area (Å²) in [6.45, 7) is 8.67. The molecule has 0 saturated carbocycles. The number of amides is 3. The first-order valence-electron chi connectivity index (χ1n) is 8.79. The van der Waals surface area contributed by atoms with Gasteiger partial charge in [0.25, 0.3) is 0 Å². The average molecular weight is 372 g/mol. The Balaban J connectivity index is 4.39. The van der Waals surface area contributed by atoms with E-state index in [0.29, 0.717) is 6.42 Å². The van der Waals surface area contributed by atoms with E-state index in [-0.39, 0.29) is 24.8 Å². The monoisotopic (exact) mass is 372 g/mol. The Bertz CT molecular complexity index is 507. The molecular weight excluding hydrogens is 340 g/mol. The highest BCUT2D eigenvalue weighted by atomic mass is 16.4. The maximum absolute atomic E-state index is 12.0. The zero-order valence-corrected chi connectivity index (χ0v) is 16.2. The van der Waals surface area contributed by atoms with Crippen LogP contribution in [0.15, 0.2) is 0 Å². The molecule has 0 rings (SSSR count). The molecule has 0 aliphatic heterocycles. The molecule has 3 atom stereocenters. The van der Waals surface area contributed by atoms with Crippen LogP contribution in [0.3, 0.4) is 0 Å². The molecule has 0 heterocycles. The number of nitrogens with two attached hydrogens (primary N) is 1. The van der Waals surface area contributed by atoms with E-state index >= 15 is 0 Å². The second-order valence-corrected chi connectivity index (χ2v) is 7.27. The first kappa shape index (κ1) is 23.8. The van der Waals surface area contributed by atoms with E-state index in [1.807, 2.05) is 27.7 Å². The van der Waals surface area contributed by atoms with E-state index in [9.17, 15) is 19.2 Å². The van der Waals surface area contributed by atoms with Gasteiger partial charge in [-0.25, -0.2) is 4.79 Å². The summed E-state index contributed by atoms with van der Waals surface area (Å²) in [7, 11) is 0. The normalized spacial score (nSPS) is 14.5. The van der Waals surface area contributed by atoms with Crippen LogP contribution >= 0.6 is 0 Å². The molecule has 0 saturated heterocycles. The Morgan fingerprint density at radius 1 is 0.885 bits per heavy atom. The molecule has 150 valence electrons. The second kappa shape index (κ2) is 11.5. The number of carboxylic acids is 1. The van der Waals surface area contributed by atoms with Crippen molar-refractivity contribution in [3.05, 3.63) is 0 Å². The molecule has 0 fully saturated rings. The van der Waals surface area contributed by atoms with Gasteiger partial charge < -0.3 is 26.8 Å². The Kier molecular flexibility index (Phi) is 10.5. The summed E-state index contributed by atoms with van der Waals surface area (Å²) in [5.74, 6) is -2.39. The lowest BCUT2D eigenvalue weighted by Crippen LogP contribution is -2.52. The third-order valence-electron chi connectivity index (χ3n) is 3.58. The van der Waals surface area contributed by atoms with Crippen LogP contribution < -0.4 is 21.7 Å². The van der Waals surface area contributed by atoms with Gasteiger partial charge in [-0.05, 0) is 31.6 Å². The predicted octanol–water partition coefficient (Wildman–Crippen LogP) is -0.404. The van der Waals surface area contributed by atoms with Crippen LogP contribution in [0.5, 0.6) is 0 Å². The van der Waals surface area contributed by atoms with Crippen molar-refractivity contribution in [2.45, 2.75) is 65.6 Å². The van der Waals surface area contributed by atoms with Gasteiger partial charge >= 0.3 is 5.97 Å². The molecule has 0 bridgehead atoms. The molecule has 9 nitrogen and oxygen atoms in total. The van der Waals surface area contributed by atoms with Gasteiger partial charge in [-0.15, -0.1) is 0 Å². The second-order valence-electron chi connectivity index (χ2n) is 7.27. The minimum absolute atomic E-state index is 0.0938. The third-order valence-corrected chi connectivity index (χ3v) is 3.58. The van der Waals surface area contributed by atoms with E-state index in [2.05, 4.69) is 16.0 Å². The summed E-state index contributed by atoms with van der Waals surface area (Å²) in [5, 5.41) is 16.3. The van der Waals surface area contributed by atoms with Crippen molar-refractivity contribution < 1.29 is 24.3 Å². The van der Waals surface area contributed by atoms with Crippen LogP contribution in [0.2, 0.25) is 0 Å². The van der Waals surface area contributed by atoms with Crippen molar-refractivity contribution in [3.63, 3.8) is 0 Å². The number of nitrogens with one attached hydrogen (secondary N) is 3. The van der Waals surface area contributed by atoms with Crippen molar-refractivity contribution >= 4 is 23.7 Å². The molecule has 3 amide bonds. The zero-order valence-electron chi connectivity index (χ0n) is 16.2. The maximum Gasteiger partial charge on any atom is 0.326 e. The quantitative estimate of drug-likeness (QED) is 0.333. The summed E-state index contributed by atoms with van der Waals surface area (Å²) in [5.41, 5.74) is 5.75. The Morgan fingerprint density at radius 3 is 1.88 bits per heavy atom. The molecule has 0 spiro atoms. The highest BCUT2D eigenvalue weighted by molar-refractivity contribution is 5.92. The Hall–Kier alpha value is -2.16. The van der Waals surface area contributed by atoms with Crippen LogP contribution in [0.1, 0.15) is 47.5 Å². The molecule has 0 aromatic carbocycles. The molecule has 0 aliphatic carbocycles. The van der Waals surface area contributed by atoms with Crippen LogP contribution in [-0.2, 0) is 19.2 Å². The molecule has 26 heavy (non-hydrogen) atoms. The topological polar surface area (TPSA) is 151 Å². The van der Waals surface area contributed by atoms with Gasteiger partial charge in [0.2, 0.25) is 17.7 Å². The molecule has 0 aliphatic rings. The van der Waals surface area contributed by atoms with E-state index in [4.69, 9.17) is 10.8 Å². The van der Waals surface area contributed by atoms with Gasteiger partial charge in [-0.2, -0.15) is 0 Å². The number of hydrogen-bond acceptors (Lipinski definition) is 5. The number of rotatable bonds is 11. The van der Waals surface area contributed by atoms with Crippen LogP contribution in [0, 0.1) is 11.8 Å². The first-order valence-corrected chi connectivity index (χ1v) is 8.79. The fourth-order valence-electron chi connectivity index (χ4n) is 2.26. The van der Waals surface area contributed by atoms with Gasteiger partial charge in [0, 0.05) is 0 Å². The minimum Gasteiger partial charge on any atom is -0.480 e. The van der Waals surface area contributed by atoms with E-state index in [1.165, 1.54) is 6.92 Å². The van der Waals surface area contributed by atoms with Crippen molar-refractivity contribution in [3.8, 4) is 0 Å². The number of hydrogen-bond donors (Lipinski definition) is 5. The summed E-state index contributed by atoms with van der Waals surface area (Å²) in [4.78, 5) is 46.8. The summed E-state index contributed by atoms with van der Waals surface area (Å²) >= 11 is 0. The fraction of sp³-hybridized carbons (Fsp3) is 0.765. The molecule has 6 N–H and O–H groups in total. The molecule has 9 heteroatoms. The molecule has 0 unspecified atom stereocenters. The number of carbonyl (C=O) groups excluding carboxylic acids is 3. The highest BCUT2D eigenvalue weighted by Gasteiger charge is 2.23. The largest absolute Gasteiger partial charge is 0.480 e. The third kappa shape index (κ3) is 9.97. The standard InChI is InChI=1S/C17H32N4O5/c1-9(2)6-12(18)16(24)20-11(5)15(23)19-8-14(22)21-13(17(25)26)7-10(3)4/h9-13H,6-8,18H2,1-5H3,(H,19,23)(H,20,24)(H,21,22)(H,25,26)/t11-,12-,13-/m0/s1. The number of carbonyl (C=O) groups is 4. The minimum atomic E-state index is -1.13. The maximum atomic E-state index is 12.0. The van der Waals surface area contributed by atoms with Gasteiger partial charge in [-0.1, -0.05) is 27.7 Å².